The van der Waals surface area contributed by atoms with Crippen molar-refractivity contribution < 1.29 is 18.7 Å². The fourth-order valence-corrected chi connectivity index (χ4v) is 3.33. The lowest BCUT2D eigenvalue weighted by Crippen LogP contribution is -2.35. The number of fused-ring (bicyclic) bond motifs is 1. The predicted octanol–water partition coefficient (Wildman–Crippen LogP) is 4.35. The van der Waals surface area contributed by atoms with Crippen LogP contribution in [0.2, 0.25) is 0 Å². The third kappa shape index (κ3) is 4.74. The Kier molecular flexibility index (Phi) is 6.70. The average molecular weight is 419 g/mol. The van der Waals surface area contributed by atoms with Crippen LogP contribution in [0.5, 0.6) is 0 Å². The van der Waals surface area contributed by atoms with Crippen LogP contribution in [0.25, 0.3) is 22.3 Å². The number of para-hydroxylation sites is 1. The van der Waals surface area contributed by atoms with Crippen molar-refractivity contribution in [2.75, 3.05) is 19.7 Å². The molecule has 1 aromatic heterocycles. The van der Waals surface area contributed by atoms with Gasteiger partial charge in [-0.25, -0.2) is 4.79 Å². The van der Waals surface area contributed by atoms with E-state index in [0.717, 1.165) is 11.1 Å². The number of rotatable bonds is 7. The van der Waals surface area contributed by atoms with Gasteiger partial charge in [0.15, 0.2) is 17.6 Å². The quantitative estimate of drug-likeness (QED) is 0.420. The first-order chi connectivity index (χ1) is 14.8. The Labute approximate surface area is 180 Å². The summed E-state index contributed by atoms with van der Waals surface area (Å²) >= 11 is 0. The van der Waals surface area contributed by atoms with Crippen LogP contribution in [0, 0.1) is 6.92 Å². The Morgan fingerprint density at radius 3 is 2.45 bits per heavy atom. The van der Waals surface area contributed by atoms with Crippen molar-refractivity contribution in [1.82, 2.24) is 4.90 Å². The zero-order valence-corrected chi connectivity index (χ0v) is 17.9. The molecular weight excluding hydrogens is 394 g/mol. The summed E-state index contributed by atoms with van der Waals surface area (Å²) in [6.45, 7) is 9.64. The summed E-state index contributed by atoms with van der Waals surface area (Å²) in [6, 6.07) is 13.9. The number of ether oxygens (including phenoxy) is 1. The Morgan fingerprint density at radius 1 is 1.10 bits per heavy atom. The second-order valence-corrected chi connectivity index (χ2v) is 7.37. The molecule has 1 amide bonds. The van der Waals surface area contributed by atoms with E-state index in [0.29, 0.717) is 24.4 Å². The number of likely N-dealkylation sites (N-methyl/N-ethyl adjacent to an activating group) is 1. The number of esters is 1. The van der Waals surface area contributed by atoms with Crippen molar-refractivity contribution in [2.24, 2.45) is 0 Å². The molecule has 0 fully saturated rings. The maximum atomic E-state index is 12.9. The van der Waals surface area contributed by atoms with Crippen LogP contribution in [0.4, 0.5) is 0 Å². The van der Waals surface area contributed by atoms with Crippen LogP contribution >= 0.6 is 0 Å². The van der Waals surface area contributed by atoms with Crippen LogP contribution in [0.1, 0.15) is 29.8 Å². The van der Waals surface area contributed by atoms with Gasteiger partial charge in [0.1, 0.15) is 11.3 Å². The number of hydrogen-bond acceptors (Lipinski definition) is 5. The summed E-state index contributed by atoms with van der Waals surface area (Å²) < 4.78 is 11.3. The molecule has 0 saturated carbocycles. The highest BCUT2D eigenvalue weighted by atomic mass is 16.5. The second kappa shape index (κ2) is 9.43. The SMILES string of the molecule is C=C(C)CN(CC)C(=O)COC(=O)c1cccc2c(=O)c(C)c(-c3ccccc3)oc12. The minimum absolute atomic E-state index is 0.0996. The molecule has 0 atom stereocenters. The monoisotopic (exact) mass is 419 g/mol. The van der Waals surface area contributed by atoms with Gasteiger partial charge >= 0.3 is 5.97 Å². The Bertz CT molecular complexity index is 1190. The van der Waals surface area contributed by atoms with Crippen molar-refractivity contribution >= 4 is 22.8 Å². The molecule has 31 heavy (non-hydrogen) atoms. The van der Waals surface area contributed by atoms with Gasteiger partial charge in [-0.3, -0.25) is 9.59 Å². The van der Waals surface area contributed by atoms with Crippen LogP contribution < -0.4 is 5.43 Å². The standard InChI is InChI=1S/C25H25NO5/c1-5-26(14-16(2)3)21(27)15-30-25(29)20-13-9-12-19-22(28)17(4)23(31-24(19)20)18-10-7-6-8-11-18/h6-13H,2,5,14-15H2,1,3-4H3. The number of carbonyl (C=O) groups excluding carboxylic acids is 2. The van der Waals surface area contributed by atoms with E-state index < -0.39 is 12.6 Å². The largest absolute Gasteiger partial charge is 0.455 e. The van der Waals surface area contributed by atoms with Crippen molar-refractivity contribution in [2.45, 2.75) is 20.8 Å². The second-order valence-electron chi connectivity index (χ2n) is 7.37. The van der Waals surface area contributed by atoms with Gasteiger partial charge in [-0.1, -0.05) is 48.6 Å². The maximum Gasteiger partial charge on any atom is 0.342 e. The lowest BCUT2D eigenvalue weighted by molar-refractivity contribution is -0.133. The Hall–Kier alpha value is -3.67. The highest BCUT2D eigenvalue weighted by Gasteiger charge is 2.21. The molecule has 6 nitrogen and oxygen atoms in total. The first-order valence-corrected chi connectivity index (χ1v) is 10.0. The summed E-state index contributed by atoms with van der Waals surface area (Å²) in [4.78, 5) is 39.6. The molecule has 6 heteroatoms. The molecular formula is C25H25NO5. The van der Waals surface area contributed by atoms with E-state index in [2.05, 4.69) is 6.58 Å². The average Bonchev–Trinajstić information content (AvgIpc) is 2.78. The van der Waals surface area contributed by atoms with E-state index in [-0.39, 0.29) is 27.9 Å². The third-order valence-corrected chi connectivity index (χ3v) is 4.92. The van der Waals surface area contributed by atoms with Gasteiger partial charge < -0.3 is 14.1 Å². The highest BCUT2D eigenvalue weighted by Crippen LogP contribution is 2.27. The molecule has 0 saturated heterocycles. The fraction of sp³-hybridized carbons (Fsp3) is 0.240. The summed E-state index contributed by atoms with van der Waals surface area (Å²) in [5.74, 6) is -0.647. The van der Waals surface area contributed by atoms with Gasteiger partial charge in [0, 0.05) is 24.2 Å². The minimum atomic E-state index is -0.726. The van der Waals surface area contributed by atoms with Gasteiger partial charge in [-0.2, -0.15) is 0 Å². The molecule has 1 heterocycles. The molecule has 2 aromatic carbocycles. The Balaban J connectivity index is 1.94. The van der Waals surface area contributed by atoms with E-state index in [9.17, 15) is 14.4 Å². The first-order valence-electron chi connectivity index (χ1n) is 10.0. The molecule has 0 unspecified atom stereocenters. The normalized spacial score (nSPS) is 10.7. The molecule has 3 rings (SSSR count). The number of amides is 1. The number of benzene rings is 2. The van der Waals surface area contributed by atoms with Crippen LogP contribution in [-0.2, 0) is 9.53 Å². The first kappa shape index (κ1) is 22.0. The molecule has 0 aliphatic heterocycles. The van der Waals surface area contributed by atoms with Crippen molar-refractivity contribution in [1.29, 1.82) is 0 Å². The zero-order chi connectivity index (χ0) is 22.5. The fourth-order valence-electron chi connectivity index (χ4n) is 3.33. The molecule has 0 spiro atoms. The highest BCUT2D eigenvalue weighted by molar-refractivity contribution is 6.02. The van der Waals surface area contributed by atoms with Gasteiger partial charge in [0.2, 0.25) is 0 Å². The molecule has 0 aliphatic rings. The third-order valence-electron chi connectivity index (χ3n) is 4.92. The van der Waals surface area contributed by atoms with Crippen molar-refractivity contribution in [3.8, 4) is 11.3 Å². The van der Waals surface area contributed by atoms with Crippen LogP contribution in [0.15, 0.2) is 69.9 Å². The van der Waals surface area contributed by atoms with E-state index >= 15 is 0 Å². The van der Waals surface area contributed by atoms with Crippen LogP contribution in [-0.4, -0.2) is 36.5 Å². The number of nitrogens with zero attached hydrogens (tertiary/aromatic N) is 1. The van der Waals surface area contributed by atoms with E-state index in [4.69, 9.17) is 9.15 Å². The molecule has 3 aromatic rings. The molecule has 0 N–H and O–H groups in total. The smallest absolute Gasteiger partial charge is 0.342 e. The molecule has 0 aliphatic carbocycles. The van der Waals surface area contributed by atoms with Gasteiger partial charge in [0.05, 0.1) is 5.39 Å². The summed E-state index contributed by atoms with van der Waals surface area (Å²) in [5.41, 5.74) is 2.05. The molecule has 0 radical (unpaired) electrons. The van der Waals surface area contributed by atoms with E-state index in [1.807, 2.05) is 44.2 Å². The number of hydrogen-bond donors (Lipinski definition) is 0. The topological polar surface area (TPSA) is 76.8 Å². The van der Waals surface area contributed by atoms with E-state index in [1.165, 1.54) is 6.07 Å². The summed E-state index contributed by atoms with van der Waals surface area (Å²) in [6.07, 6.45) is 0. The Morgan fingerprint density at radius 2 is 1.81 bits per heavy atom. The van der Waals surface area contributed by atoms with Gasteiger partial charge in [-0.15, -0.1) is 0 Å². The van der Waals surface area contributed by atoms with Crippen LogP contribution in [0.3, 0.4) is 0 Å². The lowest BCUT2D eigenvalue weighted by atomic mass is 10.0. The van der Waals surface area contributed by atoms with Crippen molar-refractivity contribution in [3.05, 3.63) is 82.0 Å². The summed E-state index contributed by atoms with van der Waals surface area (Å²) in [7, 11) is 0. The minimum Gasteiger partial charge on any atom is -0.455 e. The van der Waals surface area contributed by atoms with Gasteiger partial charge in [0.25, 0.3) is 5.91 Å². The maximum absolute atomic E-state index is 12.9. The summed E-state index contributed by atoms with van der Waals surface area (Å²) in [5, 5.41) is 0.287. The molecule has 0 bridgehead atoms. The van der Waals surface area contributed by atoms with Gasteiger partial charge in [-0.05, 0) is 32.9 Å². The number of carbonyl (C=O) groups is 2. The predicted molar refractivity (Wildman–Crippen MR) is 120 cm³/mol. The van der Waals surface area contributed by atoms with E-state index in [1.54, 1.807) is 24.0 Å². The molecule has 160 valence electrons. The van der Waals surface area contributed by atoms with Crippen molar-refractivity contribution in [3.63, 3.8) is 0 Å². The zero-order valence-electron chi connectivity index (χ0n) is 17.9. The lowest BCUT2D eigenvalue weighted by Gasteiger charge is -2.20.